The summed E-state index contributed by atoms with van der Waals surface area (Å²) < 4.78 is 40.8. The van der Waals surface area contributed by atoms with Crippen molar-refractivity contribution >= 4 is 11.6 Å². The molecule has 0 aliphatic heterocycles. The number of carbonyl (C=O) groups excluding carboxylic acids is 1. The molecule has 0 saturated heterocycles. The molecule has 0 atom stereocenters. The quantitative estimate of drug-likeness (QED) is 0.858. The van der Waals surface area contributed by atoms with Crippen LogP contribution in [0.2, 0.25) is 0 Å². The number of halogens is 3. The second-order valence-corrected chi connectivity index (χ2v) is 4.17. The highest BCUT2D eigenvalue weighted by Gasteiger charge is 2.27. The van der Waals surface area contributed by atoms with Crippen molar-refractivity contribution in [1.82, 2.24) is 4.90 Å². The molecule has 0 bridgehead atoms. The molecular formula is C12H15F3N2O2. The number of nitrogens with two attached hydrogens (primary N) is 1. The molecule has 0 spiro atoms. The van der Waals surface area contributed by atoms with E-state index in [1.54, 1.807) is 14.1 Å². The van der Waals surface area contributed by atoms with Crippen LogP contribution in [0.4, 0.5) is 18.9 Å². The monoisotopic (exact) mass is 276 g/mol. The fraction of sp³-hybridized carbons (Fsp3) is 0.417. The zero-order chi connectivity index (χ0) is 14.6. The number of carbonyl (C=O) groups is 1. The highest BCUT2D eigenvalue weighted by atomic mass is 19.4. The van der Waals surface area contributed by atoms with E-state index in [-0.39, 0.29) is 17.3 Å². The summed E-state index contributed by atoms with van der Waals surface area (Å²) in [6, 6.07) is 4.23. The molecular weight excluding hydrogens is 261 g/mol. The Hall–Kier alpha value is -1.92. The standard InChI is InChI=1S/C12H15F3N2O2/c1-17(2)11(18)8-3-4-10(9(16)7-8)19-6-5-12(13,14)15/h3-4,7H,5-6,16H2,1-2H3. The Balaban J connectivity index is 2.70. The molecule has 0 unspecified atom stereocenters. The van der Waals surface area contributed by atoms with Crippen LogP contribution in [-0.4, -0.2) is 37.7 Å². The molecule has 0 saturated carbocycles. The lowest BCUT2D eigenvalue weighted by atomic mass is 10.1. The third-order valence-electron chi connectivity index (χ3n) is 2.31. The third kappa shape index (κ3) is 4.69. The van der Waals surface area contributed by atoms with Crippen molar-refractivity contribution in [2.45, 2.75) is 12.6 Å². The number of anilines is 1. The zero-order valence-corrected chi connectivity index (χ0v) is 10.6. The number of benzene rings is 1. The minimum absolute atomic E-state index is 0.134. The maximum absolute atomic E-state index is 12.0. The number of alkyl halides is 3. The normalized spacial score (nSPS) is 11.2. The Bertz CT molecular complexity index is 459. The number of rotatable bonds is 4. The fourth-order valence-electron chi connectivity index (χ4n) is 1.35. The first-order chi connectivity index (χ1) is 8.70. The Morgan fingerprint density at radius 1 is 1.37 bits per heavy atom. The summed E-state index contributed by atoms with van der Waals surface area (Å²) in [5.41, 5.74) is 6.12. The van der Waals surface area contributed by atoms with E-state index in [9.17, 15) is 18.0 Å². The molecule has 0 fully saturated rings. The summed E-state index contributed by atoms with van der Waals surface area (Å²) in [5, 5.41) is 0. The van der Waals surface area contributed by atoms with Crippen LogP contribution in [0.1, 0.15) is 16.8 Å². The van der Waals surface area contributed by atoms with Gasteiger partial charge in [-0.15, -0.1) is 0 Å². The molecule has 7 heteroatoms. The summed E-state index contributed by atoms with van der Waals surface area (Å²) in [4.78, 5) is 13.0. The molecule has 1 amide bonds. The molecule has 0 aliphatic rings. The molecule has 19 heavy (non-hydrogen) atoms. The first kappa shape index (κ1) is 15.1. The molecule has 4 nitrogen and oxygen atoms in total. The molecule has 1 aromatic carbocycles. The van der Waals surface area contributed by atoms with Gasteiger partial charge in [-0.2, -0.15) is 13.2 Å². The molecule has 0 aromatic heterocycles. The zero-order valence-electron chi connectivity index (χ0n) is 10.6. The van der Waals surface area contributed by atoms with Crippen LogP contribution < -0.4 is 10.5 Å². The number of nitrogens with zero attached hydrogens (tertiary/aromatic N) is 1. The molecule has 1 aromatic rings. The molecule has 0 heterocycles. The molecule has 0 aliphatic carbocycles. The van der Waals surface area contributed by atoms with Crippen molar-refractivity contribution in [3.8, 4) is 5.75 Å². The molecule has 1 rings (SSSR count). The predicted molar refractivity (Wildman–Crippen MR) is 65.0 cm³/mol. The van der Waals surface area contributed by atoms with Gasteiger partial charge in [-0.1, -0.05) is 0 Å². The van der Waals surface area contributed by atoms with Crippen molar-refractivity contribution in [2.75, 3.05) is 26.4 Å². The topological polar surface area (TPSA) is 55.6 Å². The van der Waals surface area contributed by atoms with Crippen LogP contribution in [0.15, 0.2) is 18.2 Å². The Morgan fingerprint density at radius 2 is 2.00 bits per heavy atom. The van der Waals surface area contributed by atoms with Gasteiger partial charge in [0.2, 0.25) is 0 Å². The van der Waals surface area contributed by atoms with E-state index in [1.807, 2.05) is 0 Å². The van der Waals surface area contributed by atoms with E-state index in [0.717, 1.165) is 0 Å². The van der Waals surface area contributed by atoms with Gasteiger partial charge in [-0.25, -0.2) is 0 Å². The number of nitrogen functional groups attached to an aromatic ring is 1. The van der Waals surface area contributed by atoms with Crippen molar-refractivity contribution < 1.29 is 22.7 Å². The fourth-order valence-corrected chi connectivity index (χ4v) is 1.35. The van der Waals surface area contributed by atoms with Crippen LogP contribution in [-0.2, 0) is 0 Å². The lowest BCUT2D eigenvalue weighted by Crippen LogP contribution is -2.21. The maximum Gasteiger partial charge on any atom is 0.392 e. The van der Waals surface area contributed by atoms with Crippen LogP contribution in [0.3, 0.4) is 0 Å². The van der Waals surface area contributed by atoms with Gasteiger partial charge in [0.25, 0.3) is 5.91 Å². The van der Waals surface area contributed by atoms with Crippen LogP contribution >= 0.6 is 0 Å². The van der Waals surface area contributed by atoms with E-state index in [4.69, 9.17) is 10.5 Å². The van der Waals surface area contributed by atoms with Crippen molar-refractivity contribution in [2.24, 2.45) is 0 Å². The van der Waals surface area contributed by atoms with Gasteiger partial charge >= 0.3 is 6.18 Å². The molecule has 0 radical (unpaired) electrons. The van der Waals surface area contributed by atoms with Gasteiger partial charge in [-0.05, 0) is 18.2 Å². The summed E-state index contributed by atoms with van der Waals surface area (Å²) >= 11 is 0. The Labute approximate surface area is 108 Å². The minimum Gasteiger partial charge on any atom is -0.491 e. The maximum atomic E-state index is 12.0. The second-order valence-electron chi connectivity index (χ2n) is 4.17. The van der Waals surface area contributed by atoms with Gasteiger partial charge < -0.3 is 15.4 Å². The van der Waals surface area contributed by atoms with Crippen LogP contribution in [0.25, 0.3) is 0 Å². The van der Waals surface area contributed by atoms with E-state index in [1.165, 1.54) is 23.1 Å². The average molecular weight is 276 g/mol. The average Bonchev–Trinajstić information content (AvgIpc) is 2.28. The molecule has 106 valence electrons. The highest BCUT2D eigenvalue weighted by Crippen LogP contribution is 2.25. The third-order valence-corrected chi connectivity index (χ3v) is 2.31. The summed E-state index contributed by atoms with van der Waals surface area (Å²) in [7, 11) is 3.18. The summed E-state index contributed by atoms with van der Waals surface area (Å²) in [6.07, 6.45) is -5.32. The van der Waals surface area contributed by atoms with Crippen LogP contribution in [0.5, 0.6) is 5.75 Å². The summed E-state index contributed by atoms with van der Waals surface area (Å²) in [6.45, 7) is -0.505. The van der Waals surface area contributed by atoms with Gasteiger partial charge in [0, 0.05) is 19.7 Å². The van der Waals surface area contributed by atoms with Crippen molar-refractivity contribution in [3.63, 3.8) is 0 Å². The first-order valence-corrected chi connectivity index (χ1v) is 5.51. The van der Waals surface area contributed by atoms with E-state index >= 15 is 0 Å². The smallest absolute Gasteiger partial charge is 0.392 e. The number of hydrogen-bond acceptors (Lipinski definition) is 3. The van der Waals surface area contributed by atoms with E-state index in [2.05, 4.69) is 0 Å². The van der Waals surface area contributed by atoms with Gasteiger partial charge in [0.05, 0.1) is 18.7 Å². The Kier molecular flexibility index (Phi) is 4.63. The molecule has 2 N–H and O–H groups in total. The van der Waals surface area contributed by atoms with Gasteiger partial charge in [0.1, 0.15) is 5.75 Å². The SMILES string of the molecule is CN(C)C(=O)c1ccc(OCCC(F)(F)F)c(N)c1. The number of hydrogen-bond donors (Lipinski definition) is 1. The highest BCUT2D eigenvalue weighted by molar-refractivity contribution is 5.95. The first-order valence-electron chi connectivity index (χ1n) is 5.51. The van der Waals surface area contributed by atoms with E-state index in [0.29, 0.717) is 5.56 Å². The predicted octanol–water partition coefficient (Wildman–Crippen LogP) is 2.30. The minimum atomic E-state index is -4.27. The van der Waals surface area contributed by atoms with Crippen molar-refractivity contribution in [1.29, 1.82) is 0 Å². The van der Waals surface area contributed by atoms with E-state index < -0.39 is 19.2 Å². The summed E-state index contributed by atoms with van der Waals surface area (Å²) in [5.74, 6) is -0.104. The van der Waals surface area contributed by atoms with Crippen LogP contribution in [0, 0.1) is 0 Å². The van der Waals surface area contributed by atoms with Crippen molar-refractivity contribution in [3.05, 3.63) is 23.8 Å². The second kappa shape index (κ2) is 5.81. The lowest BCUT2D eigenvalue weighted by Gasteiger charge is -2.13. The lowest BCUT2D eigenvalue weighted by molar-refractivity contribution is -0.139. The Morgan fingerprint density at radius 3 is 2.47 bits per heavy atom. The van der Waals surface area contributed by atoms with Gasteiger partial charge in [0.15, 0.2) is 0 Å². The van der Waals surface area contributed by atoms with Gasteiger partial charge in [-0.3, -0.25) is 4.79 Å². The number of amides is 1. The number of ether oxygens (including phenoxy) is 1. The largest absolute Gasteiger partial charge is 0.491 e.